The Labute approximate surface area is 112 Å². The highest BCUT2D eigenvalue weighted by atomic mass is 16.6. The van der Waals surface area contributed by atoms with Gasteiger partial charge in [0.1, 0.15) is 6.61 Å². The maximum absolute atomic E-state index is 12.1. The highest BCUT2D eigenvalue weighted by molar-refractivity contribution is 5.76. The predicted octanol–water partition coefficient (Wildman–Crippen LogP) is 3.95. The van der Waals surface area contributed by atoms with Crippen LogP contribution in [0.1, 0.15) is 66.2 Å². The minimum atomic E-state index is -0.332. The van der Waals surface area contributed by atoms with Gasteiger partial charge in [-0.3, -0.25) is 4.79 Å². The Bertz CT molecular complexity index is 228. The molecule has 0 amide bonds. The van der Waals surface area contributed by atoms with Crippen LogP contribution in [0.5, 0.6) is 0 Å². The molecule has 0 N–H and O–H groups in total. The number of hydrogen-bond acceptors (Lipinski definition) is 3. The molecular weight excluding hydrogens is 228 g/mol. The van der Waals surface area contributed by atoms with Crippen molar-refractivity contribution in [3.8, 4) is 0 Å². The lowest BCUT2D eigenvalue weighted by Crippen LogP contribution is -2.31. The summed E-state index contributed by atoms with van der Waals surface area (Å²) in [5.41, 5.74) is -0.332. The van der Waals surface area contributed by atoms with Gasteiger partial charge in [-0.05, 0) is 26.7 Å². The molecule has 3 nitrogen and oxygen atoms in total. The van der Waals surface area contributed by atoms with E-state index in [4.69, 9.17) is 9.47 Å². The Morgan fingerprint density at radius 1 is 1.22 bits per heavy atom. The van der Waals surface area contributed by atoms with Gasteiger partial charge in [0.25, 0.3) is 0 Å². The first kappa shape index (κ1) is 17.4. The first-order valence-corrected chi connectivity index (χ1v) is 7.20. The summed E-state index contributed by atoms with van der Waals surface area (Å²) in [7, 11) is 1.63. The highest BCUT2D eigenvalue weighted by Crippen LogP contribution is 2.30. The maximum atomic E-state index is 12.1. The molecule has 108 valence electrons. The highest BCUT2D eigenvalue weighted by Gasteiger charge is 2.32. The number of esters is 1. The van der Waals surface area contributed by atoms with Gasteiger partial charge in [-0.1, -0.05) is 39.5 Å². The van der Waals surface area contributed by atoms with Crippen LogP contribution in [-0.2, 0) is 14.3 Å². The van der Waals surface area contributed by atoms with Crippen molar-refractivity contribution >= 4 is 5.97 Å². The van der Waals surface area contributed by atoms with Crippen LogP contribution in [-0.4, -0.2) is 25.8 Å². The number of carbonyl (C=O) groups is 1. The molecule has 2 atom stereocenters. The summed E-state index contributed by atoms with van der Waals surface area (Å²) >= 11 is 0. The monoisotopic (exact) mass is 258 g/mol. The molecule has 0 aromatic carbocycles. The molecule has 0 aliphatic heterocycles. The fourth-order valence-electron chi connectivity index (χ4n) is 1.80. The summed E-state index contributed by atoms with van der Waals surface area (Å²) in [5, 5.41) is 0. The van der Waals surface area contributed by atoms with E-state index < -0.39 is 0 Å². The standard InChI is InChI=1S/C15H30O3/c1-6-8-9-10-11-15(4,7-2)14(16)18-12-13(3)17-5/h13H,6-12H2,1-5H3. The predicted molar refractivity (Wildman–Crippen MR) is 74.6 cm³/mol. The van der Waals surface area contributed by atoms with Crippen molar-refractivity contribution in [2.45, 2.75) is 72.3 Å². The van der Waals surface area contributed by atoms with Crippen molar-refractivity contribution in [3.05, 3.63) is 0 Å². The molecule has 0 fully saturated rings. The molecular formula is C15H30O3. The molecule has 0 radical (unpaired) electrons. The second-order valence-electron chi connectivity index (χ2n) is 5.37. The summed E-state index contributed by atoms with van der Waals surface area (Å²) in [6, 6.07) is 0. The van der Waals surface area contributed by atoms with E-state index >= 15 is 0 Å². The number of unbranched alkanes of at least 4 members (excludes halogenated alkanes) is 3. The van der Waals surface area contributed by atoms with Gasteiger partial charge < -0.3 is 9.47 Å². The van der Waals surface area contributed by atoms with Crippen molar-refractivity contribution < 1.29 is 14.3 Å². The van der Waals surface area contributed by atoms with Gasteiger partial charge in [-0.15, -0.1) is 0 Å². The SMILES string of the molecule is CCCCCCC(C)(CC)C(=O)OCC(C)OC. The van der Waals surface area contributed by atoms with Gasteiger partial charge in [0, 0.05) is 7.11 Å². The Kier molecular flexibility index (Phi) is 9.08. The largest absolute Gasteiger partial charge is 0.463 e. The second-order valence-corrected chi connectivity index (χ2v) is 5.37. The van der Waals surface area contributed by atoms with E-state index in [1.54, 1.807) is 7.11 Å². The van der Waals surface area contributed by atoms with Crippen LogP contribution < -0.4 is 0 Å². The van der Waals surface area contributed by atoms with Crippen molar-refractivity contribution in [1.29, 1.82) is 0 Å². The number of rotatable bonds is 10. The molecule has 0 saturated heterocycles. The van der Waals surface area contributed by atoms with Gasteiger partial charge in [0.2, 0.25) is 0 Å². The number of methoxy groups -OCH3 is 1. The molecule has 0 spiro atoms. The smallest absolute Gasteiger partial charge is 0.311 e. The summed E-state index contributed by atoms with van der Waals surface area (Å²) in [4.78, 5) is 12.1. The fraction of sp³-hybridized carbons (Fsp3) is 0.933. The zero-order valence-electron chi connectivity index (χ0n) is 12.8. The van der Waals surface area contributed by atoms with E-state index in [2.05, 4.69) is 13.8 Å². The van der Waals surface area contributed by atoms with Crippen LogP contribution in [0.3, 0.4) is 0 Å². The minimum Gasteiger partial charge on any atom is -0.463 e. The normalized spacial score (nSPS) is 16.1. The average Bonchev–Trinajstić information content (AvgIpc) is 2.40. The third-order valence-corrected chi connectivity index (χ3v) is 3.71. The molecule has 0 aromatic rings. The lowest BCUT2D eigenvalue weighted by atomic mass is 9.82. The van der Waals surface area contributed by atoms with Crippen LogP contribution in [0.2, 0.25) is 0 Å². The quantitative estimate of drug-likeness (QED) is 0.439. The van der Waals surface area contributed by atoms with Crippen molar-refractivity contribution in [2.75, 3.05) is 13.7 Å². The zero-order valence-corrected chi connectivity index (χ0v) is 12.8. The van der Waals surface area contributed by atoms with Gasteiger partial charge in [0.15, 0.2) is 0 Å². The molecule has 0 rings (SSSR count). The lowest BCUT2D eigenvalue weighted by molar-refractivity contribution is -0.159. The van der Waals surface area contributed by atoms with Crippen LogP contribution in [0.15, 0.2) is 0 Å². The Balaban J connectivity index is 4.13. The van der Waals surface area contributed by atoms with Crippen LogP contribution in [0.25, 0.3) is 0 Å². The van der Waals surface area contributed by atoms with E-state index in [-0.39, 0.29) is 17.5 Å². The Morgan fingerprint density at radius 3 is 2.39 bits per heavy atom. The molecule has 0 saturated carbocycles. The molecule has 0 aliphatic carbocycles. The maximum Gasteiger partial charge on any atom is 0.311 e. The average molecular weight is 258 g/mol. The van der Waals surface area contributed by atoms with Crippen LogP contribution in [0.4, 0.5) is 0 Å². The van der Waals surface area contributed by atoms with E-state index in [0.717, 1.165) is 19.3 Å². The van der Waals surface area contributed by atoms with Gasteiger partial charge in [-0.2, -0.15) is 0 Å². The summed E-state index contributed by atoms with van der Waals surface area (Å²) < 4.78 is 10.4. The Morgan fingerprint density at radius 2 is 1.89 bits per heavy atom. The molecule has 3 heteroatoms. The fourth-order valence-corrected chi connectivity index (χ4v) is 1.80. The van der Waals surface area contributed by atoms with E-state index in [0.29, 0.717) is 6.61 Å². The van der Waals surface area contributed by atoms with Crippen LogP contribution >= 0.6 is 0 Å². The third-order valence-electron chi connectivity index (χ3n) is 3.71. The zero-order chi connectivity index (χ0) is 14.0. The topological polar surface area (TPSA) is 35.5 Å². The van der Waals surface area contributed by atoms with Gasteiger partial charge in [0.05, 0.1) is 11.5 Å². The molecule has 2 unspecified atom stereocenters. The number of carbonyl (C=O) groups excluding carboxylic acids is 1. The first-order valence-electron chi connectivity index (χ1n) is 7.20. The Hall–Kier alpha value is -0.570. The van der Waals surface area contributed by atoms with E-state index in [1.807, 2.05) is 13.8 Å². The van der Waals surface area contributed by atoms with Crippen molar-refractivity contribution in [2.24, 2.45) is 5.41 Å². The lowest BCUT2D eigenvalue weighted by Gasteiger charge is -2.26. The molecule has 0 aliphatic rings. The number of hydrogen-bond donors (Lipinski definition) is 0. The van der Waals surface area contributed by atoms with Gasteiger partial charge >= 0.3 is 5.97 Å². The van der Waals surface area contributed by atoms with Crippen molar-refractivity contribution in [3.63, 3.8) is 0 Å². The third kappa shape index (κ3) is 6.39. The molecule has 0 heterocycles. The second kappa shape index (κ2) is 9.37. The number of ether oxygens (including phenoxy) is 2. The van der Waals surface area contributed by atoms with Gasteiger partial charge in [-0.25, -0.2) is 0 Å². The van der Waals surface area contributed by atoms with Crippen molar-refractivity contribution in [1.82, 2.24) is 0 Å². The first-order chi connectivity index (χ1) is 8.50. The molecule has 18 heavy (non-hydrogen) atoms. The molecule has 0 bridgehead atoms. The van der Waals surface area contributed by atoms with E-state index in [1.165, 1.54) is 19.3 Å². The summed E-state index contributed by atoms with van der Waals surface area (Å²) in [6.07, 6.45) is 6.49. The van der Waals surface area contributed by atoms with Crippen LogP contribution in [0, 0.1) is 5.41 Å². The minimum absolute atomic E-state index is 0.0323. The van der Waals surface area contributed by atoms with E-state index in [9.17, 15) is 4.79 Å². The summed E-state index contributed by atoms with van der Waals surface area (Å²) in [5.74, 6) is -0.0783. The molecule has 0 aromatic heterocycles. The summed E-state index contributed by atoms with van der Waals surface area (Å²) in [6.45, 7) is 8.51.